The van der Waals surface area contributed by atoms with Crippen LogP contribution >= 0.6 is 23.2 Å². The fourth-order valence-corrected chi connectivity index (χ4v) is 4.11. The van der Waals surface area contributed by atoms with Gasteiger partial charge in [0.05, 0.1) is 34.4 Å². The number of fused-ring (bicyclic) bond motifs is 3. The van der Waals surface area contributed by atoms with Gasteiger partial charge in [0.25, 0.3) is 0 Å². The highest BCUT2D eigenvalue weighted by molar-refractivity contribution is 6.36. The molecule has 3 aromatic rings. The lowest BCUT2D eigenvalue weighted by molar-refractivity contribution is 0.0602. The molecule has 0 bridgehead atoms. The number of benzene rings is 2. The van der Waals surface area contributed by atoms with Crippen LogP contribution in [-0.4, -0.2) is 29.2 Å². The van der Waals surface area contributed by atoms with E-state index in [0.29, 0.717) is 22.2 Å². The largest absolute Gasteiger partial charge is 0.465 e. The summed E-state index contributed by atoms with van der Waals surface area (Å²) in [5.74, 6) is 0.395. The maximum atomic E-state index is 12.1. The van der Waals surface area contributed by atoms with E-state index in [2.05, 4.69) is 4.90 Å². The average Bonchev–Trinajstić information content (AvgIpc) is 3.12. The Bertz CT molecular complexity index is 990. The number of esters is 1. The Kier molecular flexibility index (Phi) is 3.85. The summed E-state index contributed by atoms with van der Waals surface area (Å²) in [5.41, 5.74) is 3.92. The number of carbonyl (C=O) groups excluding carboxylic acids is 1. The van der Waals surface area contributed by atoms with Gasteiger partial charge < -0.3 is 14.2 Å². The van der Waals surface area contributed by atoms with Gasteiger partial charge in [-0.15, -0.1) is 0 Å². The molecule has 0 spiro atoms. The van der Waals surface area contributed by atoms with Crippen LogP contribution < -0.4 is 4.90 Å². The van der Waals surface area contributed by atoms with Crippen LogP contribution in [-0.2, 0) is 11.3 Å². The van der Waals surface area contributed by atoms with Crippen molar-refractivity contribution in [2.75, 3.05) is 18.6 Å². The van der Waals surface area contributed by atoms with E-state index in [1.54, 1.807) is 12.1 Å². The van der Waals surface area contributed by atoms with Crippen molar-refractivity contribution in [1.82, 2.24) is 9.55 Å². The van der Waals surface area contributed by atoms with Gasteiger partial charge in [0.15, 0.2) is 0 Å². The standard InChI is InChI=1S/C18H15Cl2N3O2/c1-10-8-11(19)9-13(20)15(10)22-6-7-23-16-12(17(24)25-2)4-3-5-14(16)21-18(22)23/h3-5,8-9H,6-7H2,1-2H3. The Morgan fingerprint density at radius 3 is 2.76 bits per heavy atom. The molecule has 0 aliphatic carbocycles. The molecular formula is C18H15Cl2N3O2. The van der Waals surface area contributed by atoms with Gasteiger partial charge in [-0.1, -0.05) is 29.3 Å². The topological polar surface area (TPSA) is 47.4 Å². The molecule has 0 radical (unpaired) electrons. The van der Waals surface area contributed by atoms with Crippen LogP contribution in [0.25, 0.3) is 11.0 Å². The average molecular weight is 376 g/mol. The number of carbonyl (C=O) groups is 1. The van der Waals surface area contributed by atoms with Crippen LogP contribution in [0.1, 0.15) is 15.9 Å². The van der Waals surface area contributed by atoms with Crippen molar-refractivity contribution >= 4 is 51.8 Å². The van der Waals surface area contributed by atoms with Crippen molar-refractivity contribution < 1.29 is 9.53 Å². The third-order valence-electron chi connectivity index (χ3n) is 4.43. The fourth-order valence-electron chi connectivity index (χ4n) is 3.41. The summed E-state index contributed by atoms with van der Waals surface area (Å²) in [4.78, 5) is 18.9. The molecule has 0 fully saturated rings. The number of hydrogen-bond donors (Lipinski definition) is 0. The molecule has 0 N–H and O–H groups in total. The lowest BCUT2D eigenvalue weighted by atomic mass is 10.2. The van der Waals surface area contributed by atoms with Crippen LogP contribution in [0.2, 0.25) is 10.0 Å². The summed E-state index contributed by atoms with van der Waals surface area (Å²) in [5, 5.41) is 1.19. The molecule has 0 saturated carbocycles. The minimum atomic E-state index is -0.368. The molecule has 2 heterocycles. The van der Waals surface area contributed by atoms with Crippen molar-refractivity contribution in [1.29, 1.82) is 0 Å². The SMILES string of the molecule is COC(=O)c1cccc2nc3n(c12)CCN3c1c(C)cc(Cl)cc1Cl. The molecule has 0 amide bonds. The third kappa shape index (κ3) is 2.46. The van der Waals surface area contributed by atoms with Gasteiger partial charge in [-0.2, -0.15) is 0 Å². The molecule has 128 valence electrons. The first-order chi connectivity index (χ1) is 12.0. The number of imidazole rings is 1. The van der Waals surface area contributed by atoms with E-state index in [9.17, 15) is 4.79 Å². The fraction of sp³-hybridized carbons (Fsp3) is 0.222. The first-order valence-electron chi connectivity index (χ1n) is 7.82. The number of nitrogens with zero attached hydrogens (tertiary/aromatic N) is 3. The molecule has 2 aromatic carbocycles. The first-order valence-corrected chi connectivity index (χ1v) is 8.57. The van der Waals surface area contributed by atoms with E-state index in [1.165, 1.54) is 7.11 Å². The van der Waals surface area contributed by atoms with Gasteiger partial charge in [-0.05, 0) is 36.8 Å². The summed E-state index contributed by atoms with van der Waals surface area (Å²) in [6.07, 6.45) is 0. The summed E-state index contributed by atoms with van der Waals surface area (Å²) in [6, 6.07) is 9.07. The molecule has 25 heavy (non-hydrogen) atoms. The second kappa shape index (κ2) is 5.93. The summed E-state index contributed by atoms with van der Waals surface area (Å²) in [6.45, 7) is 3.40. The first kappa shape index (κ1) is 16.2. The van der Waals surface area contributed by atoms with Gasteiger partial charge in [0.2, 0.25) is 5.95 Å². The van der Waals surface area contributed by atoms with E-state index in [-0.39, 0.29) is 5.97 Å². The number of rotatable bonds is 2. The van der Waals surface area contributed by atoms with Crippen molar-refractivity contribution in [3.05, 3.63) is 51.5 Å². The monoisotopic (exact) mass is 375 g/mol. The highest BCUT2D eigenvalue weighted by Gasteiger charge is 2.29. The smallest absolute Gasteiger partial charge is 0.340 e. The Balaban J connectivity index is 1.92. The zero-order valence-electron chi connectivity index (χ0n) is 13.7. The second-order valence-corrected chi connectivity index (χ2v) is 6.78. The number of halogens is 2. The lowest BCUT2D eigenvalue weighted by Crippen LogP contribution is -2.16. The highest BCUT2D eigenvalue weighted by atomic mass is 35.5. The molecule has 0 atom stereocenters. The molecule has 0 saturated heterocycles. The number of anilines is 2. The van der Waals surface area contributed by atoms with E-state index in [1.807, 2.05) is 29.7 Å². The van der Waals surface area contributed by atoms with E-state index >= 15 is 0 Å². The maximum absolute atomic E-state index is 12.1. The van der Waals surface area contributed by atoms with Gasteiger partial charge >= 0.3 is 5.97 Å². The number of para-hydroxylation sites is 1. The number of aryl methyl sites for hydroxylation is 1. The van der Waals surface area contributed by atoms with Gasteiger partial charge in [0.1, 0.15) is 0 Å². The number of hydrogen-bond acceptors (Lipinski definition) is 4. The summed E-state index contributed by atoms with van der Waals surface area (Å²) >= 11 is 12.5. The molecular weight excluding hydrogens is 361 g/mol. The van der Waals surface area contributed by atoms with E-state index < -0.39 is 0 Å². The molecule has 1 aliphatic rings. The Morgan fingerprint density at radius 2 is 2.04 bits per heavy atom. The zero-order chi connectivity index (χ0) is 17.7. The second-order valence-electron chi connectivity index (χ2n) is 5.93. The maximum Gasteiger partial charge on any atom is 0.340 e. The van der Waals surface area contributed by atoms with Crippen LogP contribution in [0.5, 0.6) is 0 Å². The minimum absolute atomic E-state index is 0.368. The van der Waals surface area contributed by atoms with Crippen LogP contribution in [0.3, 0.4) is 0 Å². The van der Waals surface area contributed by atoms with Crippen LogP contribution in [0.4, 0.5) is 11.6 Å². The highest BCUT2D eigenvalue weighted by Crippen LogP contribution is 2.40. The number of aromatic nitrogens is 2. The third-order valence-corrected chi connectivity index (χ3v) is 4.94. The molecule has 0 unspecified atom stereocenters. The van der Waals surface area contributed by atoms with E-state index in [0.717, 1.165) is 34.8 Å². The number of ether oxygens (including phenoxy) is 1. The lowest BCUT2D eigenvalue weighted by Gasteiger charge is -2.20. The summed E-state index contributed by atoms with van der Waals surface area (Å²) in [7, 11) is 1.38. The van der Waals surface area contributed by atoms with E-state index in [4.69, 9.17) is 32.9 Å². The quantitative estimate of drug-likeness (QED) is 0.614. The molecule has 1 aliphatic heterocycles. The van der Waals surface area contributed by atoms with Crippen LogP contribution in [0, 0.1) is 6.92 Å². The van der Waals surface area contributed by atoms with Crippen molar-refractivity contribution in [3.8, 4) is 0 Å². The zero-order valence-corrected chi connectivity index (χ0v) is 15.2. The van der Waals surface area contributed by atoms with Gasteiger partial charge in [-0.3, -0.25) is 0 Å². The predicted octanol–water partition coefficient (Wildman–Crippen LogP) is 4.59. The predicted molar refractivity (Wildman–Crippen MR) is 99.3 cm³/mol. The Morgan fingerprint density at radius 1 is 1.24 bits per heavy atom. The molecule has 4 rings (SSSR count). The normalized spacial score (nSPS) is 13.4. The number of methoxy groups -OCH3 is 1. The Labute approximate surface area is 154 Å². The minimum Gasteiger partial charge on any atom is -0.465 e. The van der Waals surface area contributed by atoms with Crippen molar-refractivity contribution in [2.24, 2.45) is 0 Å². The summed E-state index contributed by atoms with van der Waals surface area (Å²) < 4.78 is 6.94. The van der Waals surface area contributed by atoms with Crippen molar-refractivity contribution in [3.63, 3.8) is 0 Å². The molecule has 1 aromatic heterocycles. The molecule has 5 nitrogen and oxygen atoms in total. The van der Waals surface area contributed by atoms with Crippen LogP contribution in [0.15, 0.2) is 30.3 Å². The van der Waals surface area contributed by atoms with Gasteiger partial charge in [-0.25, -0.2) is 9.78 Å². The molecule has 7 heteroatoms. The van der Waals surface area contributed by atoms with Gasteiger partial charge in [0, 0.05) is 18.1 Å². The van der Waals surface area contributed by atoms with Crippen molar-refractivity contribution in [2.45, 2.75) is 13.5 Å². The Hall–Kier alpha value is -2.24.